The maximum Gasteiger partial charge on any atom is 0.261 e. The Morgan fingerprint density at radius 2 is 2.00 bits per heavy atom. The average Bonchev–Trinajstić information content (AvgIpc) is 3.15. The van der Waals surface area contributed by atoms with Gasteiger partial charge in [-0.2, -0.15) is 9.61 Å². The number of aromatic nitrogens is 4. The summed E-state index contributed by atoms with van der Waals surface area (Å²) in [5, 5.41) is 20.5. The number of pyridine rings is 1. The smallest absolute Gasteiger partial charge is 0.261 e. The molecular formula is C20H20ClN6O3S+. The first kappa shape index (κ1) is 20.9. The van der Waals surface area contributed by atoms with E-state index >= 15 is 0 Å². The second-order valence-electron chi connectivity index (χ2n) is 6.82. The number of aryl methyl sites for hydroxylation is 1. The lowest BCUT2D eigenvalue weighted by molar-refractivity contribution is -0.905. The van der Waals surface area contributed by atoms with Gasteiger partial charge in [0.1, 0.15) is 11.6 Å². The van der Waals surface area contributed by atoms with Gasteiger partial charge < -0.3 is 10.6 Å². The number of nitrogens with zero attached hydrogens (tertiary/aromatic N) is 4. The number of halogens is 1. The fourth-order valence-corrected chi connectivity index (χ4v) is 3.87. The van der Waals surface area contributed by atoms with Crippen LogP contribution in [0.5, 0.6) is 0 Å². The van der Waals surface area contributed by atoms with Gasteiger partial charge in [-0.05, 0) is 36.8 Å². The Morgan fingerprint density at radius 1 is 1.23 bits per heavy atom. The molecule has 0 aliphatic rings. The van der Waals surface area contributed by atoms with E-state index in [4.69, 9.17) is 10.7 Å². The largest absolute Gasteiger partial charge is 0.366 e. The highest BCUT2D eigenvalue weighted by molar-refractivity contribution is 8.13. The first-order chi connectivity index (χ1) is 14.8. The van der Waals surface area contributed by atoms with Crippen molar-refractivity contribution in [2.45, 2.75) is 24.8 Å². The van der Waals surface area contributed by atoms with Gasteiger partial charge in [0, 0.05) is 50.9 Å². The second-order valence-corrected chi connectivity index (χ2v) is 9.38. The van der Waals surface area contributed by atoms with Gasteiger partial charge in [-0.3, -0.25) is 5.21 Å². The van der Waals surface area contributed by atoms with Gasteiger partial charge in [0.15, 0.2) is 5.65 Å². The summed E-state index contributed by atoms with van der Waals surface area (Å²) >= 11 is 0. The van der Waals surface area contributed by atoms with Gasteiger partial charge in [0.05, 0.1) is 11.1 Å². The molecule has 0 aliphatic carbocycles. The number of anilines is 3. The zero-order chi connectivity index (χ0) is 22.0. The molecule has 0 atom stereocenters. The summed E-state index contributed by atoms with van der Waals surface area (Å²) in [4.78, 5) is 4.69. The normalized spacial score (nSPS) is 11.5. The quantitative estimate of drug-likeness (QED) is 0.221. The highest BCUT2D eigenvalue weighted by atomic mass is 35.7. The predicted molar refractivity (Wildman–Crippen MR) is 116 cm³/mol. The minimum absolute atomic E-state index is 0.0264. The molecule has 0 unspecified atom stereocenters. The molecule has 0 spiro atoms. The number of benzene rings is 1. The Hall–Kier alpha value is -3.37. The lowest BCUT2D eigenvalue weighted by Gasteiger charge is -2.12. The molecular weight excluding hydrogens is 440 g/mol. The van der Waals surface area contributed by atoms with Crippen molar-refractivity contribution in [2.75, 3.05) is 10.6 Å². The molecule has 0 fully saturated rings. The molecule has 0 aliphatic heterocycles. The van der Waals surface area contributed by atoms with E-state index in [1.807, 2.05) is 19.1 Å². The van der Waals surface area contributed by atoms with E-state index in [-0.39, 0.29) is 4.90 Å². The molecule has 0 amide bonds. The number of nitrogens with one attached hydrogen (secondary N) is 2. The highest BCUT2D eigenvalue weighted by Crippen LogP contribution is 2.24. The van der Waals surface area contributed by atoms with E-state index in [9.17, 15) is 13.6 Å². The van der Waals surface area contributed by atoms with Crippen molar-refractivity contribution in [3.63, 3.8) is 0 Å². The van der Waals surface area contributed by atoms with Gasteiger partial charge in [0.2, 0.25) is 12.4 Å². The molecule has 31 heavy (non-hydrogen) atoms. The third-order valence-electron chi connectivity index (χ3n) is 4.65. The van der Waals surface area contributed by atoms with Crippen LogP contribution in [-0.4, -0.2) is 28.2 Å². The SMILES string of the molecule is CCc1cnn2c(NCc3ccc[n+](O)c3)cc(Nc3ccc(S(=O)(=O)Cl)cc3)nc12. The summed E-state index contributed by atoms with van der Waals surface area (Å²) in [6, 6.07) is 11.5. The summed E-state index contributed by atoms with van der Waals surface area (Å²) in [6.45, 7) is 2.49. The maximum atomic E-state index is 11.4. The summed E-state index contributed by atoms with van der Waals surface area (Å²) < 4.78 is 25.6. The van der Waals surface area contributed by atoms with Crippen molar-refractivity contribution < 1.29 is 18.4 Å². The molecule has 0 saturated heterocycles. The van der Waals surface area contributed by atoms with Crippen LogP contribution >= 0.6 is 10.7 Å². The molecule has 4 aromatic rings. The minimum atomic E-state index is -3.78. The third kappa shape index (κ3) is 4.70. The van der Waals surface area contributed by atoms with Crippen molar-refractivity contribution in [1.29, 1.82) is 0 Å². The van der Waals surface area contributed by atoms with E-state index in [0.29, 0.717) is 29.5 Å². The molecule has 4 rings (SSSR count). The van der Waals surface area contributed by atoms with E-state index in [0.717, 1.165) is 22.3 Å². The molecule has 0 radical (unpaired) electrons. The Morgan fingerprint density at radius 3 is 2.68 bits per heavy atom. The average molecular weight is 460 g/mol. The summed E-state index contributed by atoms with van der Waals surface area (Å²) in [5.41, 5.74) is 3.24. The zero-order valence-electron chi connectivity index (χ0n) is 16.5. The van der Waals surface area contributed by atoms with Crippen LogP contribution in [0, 0.1) is 0 Å². The fourth-order valence-electron chi connectivity index (χ4n) is 3.10. The second kappa shape index (κ2) is 8.40. The number of fused-ring (bicyclic) bond motifs is 1. The lowest BCUT2D eigenvalue weighted by atomic mass is 10.2. The minimum Gasteiger partial charge on any atom is -0.366 e. The fraction of sp³-hybridized carbons (Fsp3) is 0.150. The van der Waals surface area contributed by atoms with Crippen LogP contribution in [0.3, 0.4) is 0 Å². The molecule has 1 aromatic carbocycles. The van der Waals surface area contributed by atoms with E-state index in [2.05, 4.69) is 20.7 Å². The molecule has 11 heteroatoms. The van der Waals surface area contributed by atoms with Gasteiger partial charge in [0.25, 0.3) is 9.05 Å². The van der Waals surface area contributed by atoms with Gasteiger partial charge >= 0.3 is 0 Å². The van der Waals surface area contributed by atoms with Crippen LogP contribution in [-0.2, 0) is 22.0 Å². The van der Waals surface area contributed by atoms with Gasteiger partial charge in [-0.1, -0.05) is 6.92 Å². The van der Waals surface area contributed by atoms with Crippen molar-refractivity contribution in [3.05, 3.63) is 72.2 Å². The summed E-state index contributed by atoms with van der Waals surface area (Å²) in [7, 11) is 1.60. The molecule has 3 heterocycles. The molecule has 160 valence electrons. The van der Waals surface area contributed by atoms with Crippen LogP contribution in [0.25, 0.3) is 5.65 Å². The molecule has 3 N–H and O–H groups in total. The summed E-state index contributed by atoms with van der Waals surface area (Å²) in [6.07, 6.45) is 5.70. The first-order valence-corrected chi connectivity index (χ1v) is 11.8. The van der Waals surface area contributed by atoms with E-state index in [1.54, 1.807) is 35.1 Å². The Kier molecular flexibility index (Phi) is 5.66. The zero-order valence-corrected chi connectivity index (χ0v) is 18.1. The van der Waals surface area contributed by atoms with E-state index in [1.165, 1.54) is 18.3 Å². The first-order valence-electron chi connectivity index (χ1n) is 9.46. The van der Waals surface area contributed by atoms with Crippen molar-refractivity contribution >= 4 is 42.7 Å². The molecule has 0 bridgehead atoms. The number of hydrogen-bond acceptors (Lipinski definition) is 7. The van der Waals surface area contributed by atoms with Crippen LogP contribution in [0.4, 0.5) is 17.3 Å². The maximum absolute atomic E-state index is 11.4. The standard InChI is InChI=1S/C20H20ClN6O3S/c1-2-15-12-23-27-19(22-11-14-4-3-9-26(28)13-14)10-18(25-20(15)27)24-16-5-7-17(8-6-16)31(21,29)30/h3-10,12-13,22,28H,2,11H2,1H3,(H,24,25)/q+1. The van der Waals surface area contributed by atoms with Crippen LogP contribution in [0.1, 0.15) is 18.1 Å². The van der Waals surface area contributed by atoms with Crippen molar-refractivity contribution in [1.82, 2.24) is 14.6 Å². The number of hydrogen-bond donors (Lipinski definition) is 3. The topological polar surface area (TPSA) is 112 Å². The van der Waals surface area contributed by atoms with Gasteiger partial charge in [-0.25, -0.2) is 13.4 Å². The molecule has 3 aromatic heterocycles. The Labute approximate surface area is 183 Å². The number of rotatable bonds is 7. The van der Waals surface area contributed by atoms with Crippen molar-refractivity contribution in [2.24, 2.45) is 0 Å². The summed E-state index contributed by atoms with van der Waals surface area (Å²) in [5.74, 6) is 1.28. The van der Waals surface area contributed by atoms with E-state index < -0.39 is 9.05 Å². The predicted octanol–water partition coefficient (Wildman–Crippen LogP) is 3.10. The lowest BCUT2D eigenvalue weighted by Crippen LogP contribution is -2.29. The van der Waals surface area contributed by atoms with Crippen LogP contribution in [0.2, 0.25) is 0 Å². The van der Waals surface area contributed by atoms with Crippen molar-refractivity contribution in [3.8, 4) is 0 Å². The highest BCUT2D eigenvalue weighted by Gasteiger charge is 2.13. The Balaban J connectivity index is 1.65. The monoisotopic (exact) mass is 459 g/mol. The van der Waals surface area contributed by atoms with Crippen LogP contribution < -0.4 is 15.4 Å². The Bertz CT molecular complexity index is 1340. The molecule has 9 nitrogen and oxygen atoms in total. The third-order valence-corrected chi connectivity index (χ3v) is 6.02. The van der Waals surface area contributed by atoms with Gasteiger partial charge in [-0.15, -0.1) is 0 Å². The molecule has 0 saturated carbocycles. The van der Waals surface area contributed by atoms with Crippen LogP contribution in [0.15, 0.2) is 66.0 Å².